The Bertz CT molecular complexity index is 441. The Morgan fingerprint density at radius 3 is 2.65 bits per heavy atom. The minimum Gasteiger partial charge on any atom is -0.294 e. The molecule has 0 aliphatic heterocycles. The maximum absolute atomic E-state index is 12.6. The average molecular weight is 228 g/mol. The molecular formula is C16H20O. The predicted octanol–water partition coefficient (Wildman–Crippen LogP) is 4.01. The SMILES string of the molecule is CC1(C2CCc3ccccc3C2=O)CCCC1. The van der Waals surface area contributed by atoms with Crippen LogP contribution in [-0.4, -0.2) is 5.78 Å². The molecule has 0 spiro atoms. The zero-order valence-corrected chi connectivity index (χ0v) is 10.5. The van der Waals surface area contributed by atoms with Crippen LogP contribution < -0.4 is 0 Å². The fraction of sp³-hybridized carbons (Fsp3) is 0.562. The summed E-state index contributed by atoms with van der Waals surface area (Å²) in [5.74, 6) is 0.691. The molecule has 1 heteroatoms. The molecule has 1 unspecified atom stereocenters. The van der Waals surface area contributed by atoms with E-state index in [1.54, 1.807) is 0 Å². The van der Waals surface area contributed by atoms with Gasteiger partial charge in [-0.2, -0.15) is 0 Å². The Hall–Kier alpha value is -1.11. The molecule has 1 saturated carbocycles. The van der Waals surface area contributed by atoms with E-state index in [4.69, 9.17) is 0 Å². The molecule has 1 aromatic carbocycles. The summed E-state index contributed by atoms with van der Waals surface area (Å²) in [6.45, 7) is 2.33. The number of ketones is 1. The van der Waals surface area contributed by atoms with Gasteiger partial charge in [-0.05, 0) is 36.7 Å². The van der Waals surface area contributed by atoms with Crippen LogP contribution in [0.1, 0.15) is 54.9 Å². The first-order valence-corrected chi connectivity index (χ1v) is 6.83. The van der Waals surface area contributed by atoms with E-state index in [0.717, 1.165) is 18.4 Å². The molecule has 0 amide bonds. The number of aryl methyl sites for hydroxylation is 1. The molecular weight excluding hydrogens is 208 g/mol. The van der Waals surface area contributed by atoms with Crippen molar-refractivity contribution >= 4 is 5.78 Å². The predicted molar refractivity (Wildman–Crippen MR) is 69.2 cm³/mol. The average Bonchev–Trinajstić information content (AvgIpc) is 2.78. The molecule has 0 radical (unpaired) electrons. The third-order valence-corrected chi connectivity index (χ3v) is 4.89. The topological polar surface area (TPSA) is 17.1 Å². The summed E-state index contributed by atoms with van der Waals surface area (Å²) in [6, 6.07) is 8.17. The van der Waals surface area contributed by atoms with Gasteiger partial charge in [0.2, 0.25) is 0 Å². The largest absolute Gasteiger partial charge is 0.294 e. The van der Waals surface area contributed by atoms with Crippen molar-refractivity contribution in [2.75, 3.05) is 0 Å². The van der Waals surface area contributed by atoms with Crippen molar-refractivity contribution in [2.45, 2.75) is 45.4 Å². The maximum atomic E-state index is 12.6. The fourth-order valence-electron chi connectivity index (χ4n) is 3.79. The lowest BCUT2D eigenvalue weighted by atomic mass is 9.67. The van der Waals surface area contributed by atoms with Crippen LogP contribution in [0.25, 0.3) is 0 Å². The second-order valence-electron chi connectivity index (χ2n) is 5.97. The number of carbonyl (C=O) groups is 1. The van der Waals surface area contributed by atoms with Gasteiger partial charge < -0.3 is 0 Å². The Morgan fingerprint density at radius 2 is 1.88 bits per heavy atom. The van der Waals surface area contributed by atoms with Crippen LogP contribution in [0.5, 0.6) is 0 Å². The van der Waals surface area contributed by atoms with Gasteiger partial charge in [0.15, 0.2) is 5.78 Å². The Labute approximate surface area is 103 Å². The zero-order valence-electron chi connectivity index (χ0n) is 10.5. The lowest BCUT2D eigenvalue weighted by molar-refractivity contribution is 0.0743. The minimum absolute atomic E-state index is 0.278. The third kappa shape index (κ3) is 1.72. The number of benzene rings is 1. The number of fused-ring (bicyclic) bond motifs is 1. The lowest BCUT2D eigenvalue weighted by Gasteiger charge is -2.36. The number of Topliss-reactive ketones (excluding diaryl/α,β-unsaturated/α-hetero) is 1. The third-order valence-electron chi connectivity index (χ3n) is 4.89. The highest BCUT2D eigenvalue weighted by molar-refractivity contribution is 6.00. The van der Waals surface area contributed by atoms with Gasteiger partial charge in [-0.1, -0.05) is 44.0 Å². The Morgan fingerprint density at radius 1 is 1.18 bits per heavy atom. The van der Waals surface area contributed by atoms with Crippen molar-refractivity contribution in [2.24, 2.45) is 11.3 Å². The quantitative estimate of drug-likeness (QED) is 0.709. The van der Waals surface area contributed by atoms with Gasteiger partial charge in [-0.3, -0.25) is 4.79 Å². The number of hydrogen-bond acceptors (Lipinski definition) is 1. The van der Waals surface area contributed by atoms with Crippen molar-refractivity contribution in [3.05, 3.63) is 35.4 Å². The zero-order chi connectivity index (χ0) is 11.9. The van der Waals surface area contributed by atoms with E-state index in [1.807, 2.05) is 18.2 Å². The second-order valence-corrected chi connectivity index (χ2v) is 5.97. The van der Waals surface area contributed by atoms with Gasteiger partial charge >= 0.3 is 0 Å². The number of hydrogen-bond donors (Lipinski definition) is 0. The first-order chi connectivity index (χ1) is 8.21. The number of carbonyl (C=O) groups excluding carboxylic acids is 1. The van der Waals surface area contributed by atoms with Crippen molar-refractivity contribution in [3.63, 3.8) is 0 Å². The molecule has 90 valence electrons. The molecule has 1 atom stereocenters. The summed E-state index contributed by atoms with van der Waals surface area (Å²) in [4.78, 5) is 12.6. The molecule has 0 bridgehead atoms. The minimum atomic E-state index is 0.278. The Balaban J connectivity index is 1.94. The van der Waals surface area contributed by atoms with Crippen LogP contribution >= 0.6 is 0 Å². The molecule has 17 heavy (non-hydrogen) atoms. The summed E-state index contributed by atoms with van der Waals surface area (Å²) < 4.78 is 0. The number of rotatable bonds is 1. The van der Waals surface area contributed by atoms with Gasteiger partial charge in [0.1, 0.15) is 0 Å². The van der Waals surface area contributed by atoms with Crippen LogP contribution in [0.4, 0.5) is 0 Å². The maximum Gasteiger partial charge on any atom is 0.166 e. The van der Waals surface area contributed by atoms with Gasteiger partial charge in [-0.25, -0.2) is 0 Å². The van der Waals surface area contributed by atoms with Gasteiger partial charge in [0.25, 0.3) is 0 Å². The highest BCUT2D eigenvalue weighted by Gasteiger charge is 2.42. The highest BCUT2D eigenvalue weighted by atomic mass is 16.1. The summed E-state index contributed by atoms with van der Waals surface area (Å²) in [5.41, 5.74) is 2.54. The van der Waals surface area contributed by atoms with E-state index in [1.165, 1.54) is 31.2 Å². The smallest absolute Gasteiger partial charge is 0.166 e. The van der Waals surface area contributed by atoms with Crippen molar-refractivity contribution in [1.29, 1.82) is 0 Å². The molecule has 2 aliphatic rings. The van der Waals surface area contributed by atoms with Crippen LogP contribution in [0.15, 0.2) is 24.3 Å². The molecule has 1 aromatic rings. The molecule has 1 fully saturated rings. The van der Waals surface area contributed by atoms with Crippen molar-refractivity contribution in [3.8, 4) is 0 Å². The summed E-state index contributed by atoms with van der Waals surface area (Å²) in [7, 11) is 0. The van der Waals surface area contributed by atoms with Crippen LogP contribution in [0, 0.1) is 11.3 Å². The molecule has 0 saturated heterocycles. The van der Waals surface area contributed by atoms with Crippen LogP contribution in [0.3, 0.4) is 0 Å². The summed E-state index contributed by atoms with van der Waals surface area (Å²) >= 11 is 0. The van der Waals surface area contributed by atoms with E-state index in [2.05, 4.69) is 13.0 Å². The monoisotopic (exact) mass is 228 g/mol. The fourth-order valence-corrected chi connectivity index (χ4v) is 3.79. The van der Waals surface area contributed by atoms with E-state index in [0.29, 0.717) is 5.78 Å². The van der Waals surface area contributed by atoms with Crippen molar-refractivity contribution < 1.29 is 4.79 Å². The Kier molecular flexibility index (Phi) is 2.57. The first kappa shape index (κ1) is 11.0. The van der Waals surface area contributed by atoms with Gasteiger partial charge in [0.05, 0.1) is 0 Å². The van der Waals surface area contributed by atoms with Crippen LogP contribution in [-0.2, 0) is 6.42 Å². The van der Waals surface area contributed by atoms with E-state index >= 15 is 0 Å². The molecule has 3 rings (SSSR count). The second kappa shape index (κ2) is 3.97. The summed E-state index contributed by atoms with van der Waals surface area (Å²) in [5, 5.41) is 0. The van der Waals surface area contributed by atoms with E-state index in [-0.39, 0.29) is 11.3 Å². The molecule has 0 aromatic heterocycles. The molecule has 1 nitrogen and oxygen atoms in total. The highest BCUT2D eigenvalue weighted by Crippen LogP contribution is 2.48. The normalized spacial score (nSPS) is 26.9. The van der Waals surface area contributed by atoms with E-state index in [9.17, 15) is 4.79 Å². The first-order valence-electron chi connectivity index (χ1n) is 6.83. The molecule has 0 heterocycles. The standard InChI is InChI=1S/C16H20O/c1-16(10-4-5-11-16)14-9-8-12-6-2-3-7-13(12)15(14)17/h2-3,6-7,14H,4-5,8-11H2,1H3. The molecule has 2 aliphatic carbocycles. The summed E-state index contributed by atoms with van der Waals surface area (Å²) in [6.07, 6.45) is 7.25. The molecule has 0 N–H and O–H groups in total. The van der Waals surface area contributed by atoms with Crippen molar-refractivity contribution in [1.82, 2.24) is 0 Å². The van der Waals surface area contributed by atoms with Gasteiger partial charge in [-0.15, -0.1) is 0 Å². The lowest BCUT2D eigenvalue weighted by Crippen LogP contribution is -2.35. The van der Waals surface area contributed by atoms with Gasteiger partial charge in [0, 0.05) is 11.5 Å². The van der Waals surface area contributed by atoms with E-state index < -0.39 is 0 Å². The van der Waals surface area contributed by atoms with Crippen LogP contribution in [0.2, 0.25) is 0 Å².